The fraction of sp³-hybridized carbons (Fsp3) is 0.238. The summed E-state index contributed by atoms with van der Waals surface area (Å²) >= 11 is 1.64. The molecule has 0 bridgehead atoms. The first-order chi connectivity index (χ1) is 13.0. The molecule has 0 spiro atoms. The predicted molar refractivity (Wildman–Crippen MR) is 110 cm³/mol. The lowest BCUT2D eigenvalue weighted by Crippen LogP contribution is -2.05. The van der Waals surface area contributed by atoms with Crippen LogP contribution in [-0.4, -0.2) is 24.6 Å². The Morgan fingerprint density at radius 2 is 1.81 bits per heavy atom. The van der Waals surface area contributed by atoms with Gasteiger partial charge in [0, 0.05) is 28.6 Å². The molecule has 0 saturated heterocycles. The van der Waals surface area contributed by atoms with E-state index in [0.717, 1.165) is 38.1 Å². The zero-order valence-electron chi connectivity index (χ0n) is 15.8. The molecule has 1 N–H and O–H groups in total. The molecule has 0 saturated carbocycles. The van der Waals surface area contributed by atoms with Crippen LogP contribution >= 0.6 is 11.3 Å². The second kappa shape index (κ2) is 8.22. The number of hydrogen-bond donors (Lipinski definition) is 1. The molecular weight excluding hydrogens is 360 g/mol. The van der Waals surface area contributed by atoms with Crippen molar-refractivity contribution in [3.8, 4) is 33.3 Å². The standard InChI is InChI=1S/C21H22N2O3S/c1-5-26-18-11-8-16(12-19(18)25-4)21-23-20(13(2)27-21)15-6-9-17(10-7-15)22-14(3)24/h6-12H,5H2,1-4H3,(H,22,24). The third kappa shape index (κ3) is 4.28. The van der Waals surface area contributed by atoms with Crippen molar-refractivity contribution in [2.24, 2.45) is 0 Å². The molecule has 140 valence electrons. The Labute approximate surface area is 163 Å². The largest absolute Gasteiger partial charge is 0.493 e. The van der Waals surface area contributed by atoms with Gasteiger partial charge in [-0.1, -0.05) is 12.1 Å². The van der Waals surface area contributed by atoms with Gasteiger partial charge in [-0.2, -0.15) is 0 Å². The number of benzene rings is 2. The number of rotatable bonds is 6. The SMILES string of the molecule is CCOc1ccc(-c2nc(-c3ccc(NC(C)=O)cc3)c(C)s2)cc1OC. The first-order valence-electron chi connectivity index (χ1n) is 8.68. The van der Waals surface area contributed by atoms with E-state index in [-0.39, 0.29) is 5.91 Å². The maximum Gasteiger partial charge on any atom is 0.221 e. The average molecular weight is 382 g/mol. The van der Waals surface area contributed by atoms with Gasteiger partial charge < -0.3 is 14.8 Å². The Morgan fingerprint density at radius 3 is 2.44 bits per heavy atom. The molecule has 0 aliphatic carbocycles. The molecule has 1 heterocycles. The summed E-state index contributed by atoms with van der Waals surface area (Å²) in [6.07, 6.45) is 0. The predicted octanol–water partition coefficient (Wildman–Crippen LogP) is 5.15. The van der Waals surface area contributed by atoms with Crippen LogP contribution in [0.2, 0.25) is 0 Å². The van der Waals surface area contributed by atoms with E-state index in [4.69, 9.17) is 14.5 Å². The van der Waals surface area contributed by atoms with E-state index < -0.39 is 0 Å². The molecule has 2 aromatic carbocycles. The first kappa shape index (κ1) is 18.9. The summed E-state index contributed by atoms with van der Waals surface area (Å²) in [5, 5.41) is 3.70. The molecule has 0 aliphatic rings. The van der Waals surface area contributed by atoms with Gasteiger partial charge in [0.15, 0.2) is 11.5 Å². The number of thiazole rings is 1. The maximum absolute atomic E-state index is 11.2. The topological polar surface area (TPSA) is 60.5 Å². The zero-order chi connectivity index (χ0) is 19.4. The summed E-state index contributed by atoms with van der Waals surface area (Å²) in [6, 6.07) is 13.6. The summed E-state index contributed by atoms with van der Waals surface area (Å²) in [5.41, 5.74) is 3.72. The molecule has 0 unspecified atom stereocenters. The van der Waals surface area contributed by atoms with Crippen LogP contribution in [0.3, 0.4) is 0 Å². The fourth-order valence-electron chi connectivity index (χ4n) is 2.78. The normalized spacial score (nSPS) is 10.5. The third-order valence-electron chi connectivity index (χ3n) is 3.99. The Morgan fingerprint density at radius 1 is 1.11 bits per heavy atom. The molecule has 0 fully saturated rings. The van der Waals surface area contributed by atoms with Crippen molar-refractivity contribution in [1.82, 2.24) is 4.98 Å². The third-order valence-corrected chi connectivity index (χ3v) is 5.01. The van der Waals surface area contributed by atoms with Crippen LogP contribution in [-0.2, 0) is 4.79 Å². The van der Waals surface area contributed by atoms with Gasteiger partial charge in [0.1, 0.15) is 5.01 Å². The zero-order valence-corrected chi connectivity index (χ0v) is 16.6. The Kier molecular flexibility index (Phi) is 5.76. The van der Waals surface area contributed by atoms with Crippen LogP contribution in [0, 0.1) is 6.92 Å². The van der Waals surface area contributed by atoms with Crippen LogP contribution in [0.15, 0.2) is 42.5 Å². The van der Waals surface area contributed by atoms with Crippen LogP contribution < -0.4 is 14.8 Å². The molecule has 5 nitrogen and oxygen atoms in total. The van der Waals surface area contributed by atoms with Crippen molar-refractivity contribution in [3.63, 3.8) is 0 Å². The Balaban J connectivity index is 1.91. The minimum atomic E-state index is -0.0840. The molecule has 1 amide bonds. The van der Waals surface area contributed by atoms with Crippen molar-refractivity contribution in [2.45, 2.75) is 20.8 Å². The highest BCUT2D eigenvalue weighted by atomic mass is 32.1. The second-order valence-electron chi connectivity index (χ2n) is 5.98. The van der Waals surface area contributed by atoms with Gasteiger partial charge in [-0.05, 0) is 44.2 Å². The number of hydrogen-bond acceptors (Lipinski definition) is 5. The number of aromatic nitrogens is 1. The number of aryl methyl sites for hydroxylation is 1. The van der Waals surface area contributed by atoms with E-state index in [0.29, 0.717) is 12.4 Å². The summed E-state index contributed by atoms with van der Waals surface area (Å²) in [4.78, 5) is 17.1. The number of methoxy groups -OCH3 is 1. The van der Waals surface area contributed by atoms with Gasteiger partial charge in [0.25, 0.3) is 0 Å². The molecule has 6 heteroatoms. The fourth-order valence-corrected chi connectivity index (χ4v) is 3.71. The van der Waals surface area contributed by atoms with Gasteiger partial charge in [0.05, 0.1) is 19.4 Å². The summed E-state index contributed by atoms with van der Waals surface area (Å²) in [6.45, 7) is 6.09. The van der Waals surface area contributed by atoms with Crippen LogP contribution in [0.4, 0.5) is 5.69 Å². The first-order valence-corrected chi connectivity index (χ1v) is 9.50. The highest BCUT2D eigenvalue weighted by molar-refractivity contribution is 7.15. The Hall–Kier alpha value is -2.86. The smallest absolute Gasteiger partial charge is 0.221 e. The van der Waals surface area contributed by atoms with Crippen molar-refractivity contribution in [3.05, 3.63) is 47.3 Å². The van der Waals surface area contributed by atoms with Crippen LogP contribution in [0.25, 0.3) is 21.8 Å². The average Bonchev–Trinajstić information content (AvgIpc) is 3.04. The summed E-state index contributed by atoms with van der Waals surface area (Å²) in [7, 11) is 1.64. The van der Waals surface area contributed by atoms with E-state index in [1.165, 1.54) is 6.92 Å². The number of ether oxygens (including phenoxy) is 2. The molecule has 1 aromatic heterocycles. The van der Waals surface area contributed by atoms with E-state index >= 15 is 0 Å². The van der Waals surface area contributed by atoms with Crippen molar-refractivity contribution >= 4 is 22.9 Å². The quantitative estimate of drug-likeness (QED) is 0.640. The van der Waals surface area contributed by atoms with E-state index in [2.05, 4.69) is 12.2 Å². The number of carbonyl (C=O) groups is 1. The second-order valence-corrected chi connectivity index (χ2v) is 7.18. The lowest BCUT2D eigenvalue weighted by atomic mass is 10.1. The minimum absolute atomic E-state index is 0.0840. The van der Waals surface area contributed by atoms with E-state index in [1.54, 1.807) is 18.4 Å². The van der Waals surface area contributed by atoms with Gasteiger partial charge in [-0.15, -0.1) is 11.3 Å². The molecule has 3 aromatic rings. The van der Waals surface area contributed by atoms with Gasteiger partial charge >= 0.3 is 0 Å². The molecule has 27 heavy (non-hydrogen) atoms. The summed E-state index contributed by atoms with van der Waals surface area (Å²) < 4.78 is 11.0. The summed E-state index contributed by atoms with van der Waals surface area (Å²) in [5.74, 6) is 1.34. The van der Waals surface area contributed by atoms with Crippen LogP contribution in [0.5, 0.6) is 11.5 Å². The molecular formula is C21H22N2O3S. The lowest BCUT2D eigenvalue weighted by molar-refractivity contribution is -0.114. The van der Waals surface area contributed by atoms with Gasteiger partial charge in [0.2, 0.25) is 5.91 Å². The number of anilines is 1. The van der Waals surface area contributed by atoms with E-state index in [1.807, 2.05) is 49.4 Å². The minimum Gasteiger partial charge on any atom is -0.493 e. The monoisotopic (exact) mass is 382 g/mol. The molecule has 0 atom stereocenters. The van der Waals surface area contributed by atoms with Gasteiger partial charge in [-0.25, -0.2) is 4.98 Å². The van der Waals surface area contributed by atoms with Crippen molar-refractivity contribution in [1.29, 1.82) is 0 Å². The number of amides is 1. The molecule has 3 rings (SSSR count). The Bertz CT molecular complexity index is 949. The van der Waals surface area contributed by atoms with Crippen LogP contribution in [0.1, 0.15) is 18.7 Å². The van der Waals surface area contributed by atoms with Gasteiger partial charge in [-0.3, -0.25) is 4.79 Å². The number of nitrogens with one attached hydrogen (secondary N) is 1. The highest BCUT2D eigenvalue weighted by Crippen LogP contribution is 2.37. The van der Waals surface area contributed by atoms with E-state index in [9.17, 15) is 4.79 Å². The number of carbonyl (C=O) groups excluding carboxylic acids is 1. The highest BCUT2D eigenvalue weighted by Gasteiger charge is 2.14. The van der Waals surface area contributed by atoms with Crippen molar-refractivity contribution in [2.75, 3.05) is 19.0 Å². The maximum atomic E-state index is 11.2. The molecule has 0 aliphatic heterocycles. The lowest BCUT2D eigenvalue weighted by Gasteiger charge is -2.09. The molecule has 0 radical (unpaired) electrons. The van der Waals surface area contributed by atoms with Crippen molar-refractivity contribution < 1.29 is 14.3 Å². The number of nitrogens with zero attached hydrogens (tertiary/aromatic N) is 1.